The summed E-state index contributed by atoms with van der Waals surface area (Å²) in [6.45, 7) is 2.69. The van der Waals surface area contributed by atoms with Gasteiger partial charge in [0.2, 0.25) is 5.82 Å². The molecule has 8 nitrogen and oxygen atoms in total. The van der Waals surface area contributed by atoms with E-state index in [1.807, 2.05) is 0 Å². The Labute approximate surface area is 98.3 Å². The van der Waals surface area contributed by atoms with Gasteiger partial charge in [-0.05, 0) is 13.3 Å². The lowest BCUT2D eigenvalue weighted by Crippen LogP contribution is -2.41. The van der Waals surface area contributed by atoms with E-state index < -0.39 is 16.6 Å². The van der Waals surface area contributed by atoms with Crippen LogP contribution in [0.4, 0.5) is 0 Å². The fraction of sp³-hybridized carbons (Fsp3) is 0.667. The first-order chi connectivity index (χ1) is 8.11. The third-order valence-corrected chi connectivity index (χ3v) is 2.18. The van der Waals surface area contributed by atoms with Crippen molar-refractivity contribution in [2.24, 2.45) is 0 Å². The SMILES string of the molecule is CCOC(=O)C(=C1NCCCN1OC)[N+](=O)[O-]. The standard InChI is InChI=1S/C9H15N3O5/c1-3-17-9(13)7(12(14)15)8-10-5-4-6-11(8)16-2/h10H,3-6H2,1-2H3. The number of rotatable bonds is 4. The highest BCUT2D eigenvalue weighted by Crippen LogP contribution is 2.14. The van der Waals surface area contributed by atoms with Crippen molar-refractivity contribution in [2.45, 2.75) is 13.3 Å². The van der Waals surface area contributed by atoms with Gasteiger partial charge in [0, 0.05) is 13.1 Å². The van der Waals surface area contributed by atoms with Crippen LogP contribution in [-0.2, 0) is 14.4 Å². The molecular formula is C9H15N3O5. The molecule has 8 heteroatoms. The molecule has 1 N–H and O–H groups in total. The molecular weight excluding hydrogens is 230 g/mol. The van der Waals surface area contributed by atoms with Gasteiger partial charge >= 0.3 is 11.7 Å². The topological polar surface area (TPSA) is 93.9 Å². The quantitative estimate of drug-likeness (QED) is 0.318. The Morgan fingerprint density at radius 3 is 2.88 bits per heavy atom. The molecule has 0 radical (unpaired) electrons. The highest BCUT2D eigenvalue weighted by Gasteiger charge is 2.34. The van der Waals surface area contributed by atoms with Crippen LogP contribution in [0.15, 0.2) is 11.5 Å². The van der Waals surface area contributed by atoms with Crippen molar-refractivity contribution in [1.82, 2.24) is 10.4 Å². The van der Waals surface area contributed by atoms with Crippen LogP contribution in [0.2, 0.25) is 0 Å². The van der Waals surface area contributed by atoms with Gasteiger partial charge in [-0.1, -0.05) is 0 Å². The molecule has 0 unspecified atom stereocenters. The zero-order valence-corrected chi connectivity index (χ0v) is 9.76. The maximum absolute atomic E-state index is 11.5. The first-order valence-corrected chi connectivity index (χ1v) is 5.23. The van der Waals surface area contributed by atoms with E-state index in [0.717, 1.165) is 6.42 Å². The molecule has 1 saturated heterocycles. The van der Waals surface area contributed by atoms with Gasteiger partial charge in [-0.25, -0.2) is 9.86 Å². The Bertz CT molecular complexity index is 342. The number of nitrogens with one attached hydrogen (secondary N) is 1. The van der Waals surface area contributed by atoms with Crippen molar-refractivity contribution < 1.29 is 19.3 Å². The molecule has 0 saturated carbocycles. The van der Waals surface area contributed by atoms with Gasteiger partial charge in [0.05, 0.1) is 18.6 Å². The minimum Gasteiger partial charge on any atom is -0.458 e. The molecule has 1 aliphatic heterocycles. The summed E-state index contributed by atoms with van der Waals surface area (Å²) < 4.78 is 4.65. The van der Waals surface area contributed by atoms with Gasteiger partial charge in [-0.15, -0.1) is 0 Å². The molecule has 0 amide bonds. The first kappa shape index (κ1) is 13.2. The summed E-state index contributed by atoms with van der Waals surface area (Å²) in [5.74, 6) is -0.925. The zero-order chi connectivity index (χ0) is 12.8. The van der Waals surface area contributed by atoms with E-state index in [4.69, 9.17) is 4.84 Å². The van der Waals surface area contributed by atoms with Crippen LogP contribution >= 0.6 is 0 Å². The Morgan fingerprint density at radius 2 is 2.35 bits per heavy atom. The van der Waals surface area contributed by atoms with E-state index in [2.05, 4.69) is 10.1 Å². The molecule has 0 atom stereocenters. The van der Waals surface area contributed by atoms with Gasteiger partial charge < -0.3 is 10.1 Å². The summed E-state index contributed by atoms with van der Waals surface area (Å²) in [5, 5.41) is 15.0. The lowest BCUT2D eigenvalue weighted by atomic mass is 10.3. The molecule has 0 bridgehead atoms. The van der Waals surface area contributed by atoms with Crippen molar-refractivity contribution in [2.75, 3.05) is 26.8 Å². The largest absolute Gasteiger partial charge is 0.458 e. The summed E-state index contributed by atoms with van der Waals surface area (Å²) in [7, 11) is 1.38. The van der Waals surface area contributed by atoms with Gasteiger partial charge in [-0.2, -0.15) is 0 Å². The van der Waals surface area contributed by atoms with Crippen LogP contribution in [0.5, 0.6) is 0 Å². The van der Waals surface area contributed by atoms with E-state index >= 15 is 0 Å². The summed E-state index contributed by atoms with van der Waals surface area (Å²) in [5.41, 5.74) is -0.631. The van der Waals surface area contributed by atoms with Gasteiger partial charge in [0.25, 0.3) is 0 Å². The van der Waals surface area contributed by atoms with Crippen LogP contribution in [-0.4, -0.2) is 42.8 Å². The van der Waals surface area contributed by atoms with Crippen LogP contribution in [0.3, 0.4) is 0 Å². The second-order valence-corrected chi connectivity index (χ2v) is 3.24. The molecule has 96 valence electrons. The minimum absolute atomic E-state index is 0.0437. The van der Waals surface area contributed by atoms with E-state index in [1.54, 1.807) is 6.92 Å². The molecule has 0 spiro atoms. The highest BCUT2D eigenvalue weighted by atomic mass is 16.7. The van der Waals surface area contributed by atoms with Crippen LogP contribution < -0.4 is 5.32 Å². The molecule has 1 fully saturated rings. The van der Waals surface area contributed by atoms with Gasteiger partial charge in [0.15, 0.2) is 0 Å². The predicted octanol–water partition coefficient (Wildman–Crippen LogP) is -0.148. The van der Waals surface area contributed by atoms with Gasteiger partial charge in [0.1, 0.15) is 0 Å². The Hall–Kier alpha value is -1.83. The number of hydrogen-bond acceptors (Lipinski definition) is 7. The van der Waals surface area contributed by atoms with Crippen molar-refractivity contribution >= 4 is 5.97 Å². The average molecular weight is 245 g/mol. The minimum atomic E-state index is -0.969. The van der Waals surface area contributed by atoms with E-state index in [9.17, 15) is 14.9 Å². The number of ether oxygens (including phenoxy) is 1. The molecule has 0 aromatic carbocycles. The van der Waals surface area contributed by atoms with Crippen LogP contribution in [0.1, 0.15) is 13.3 Å². The number of hydrogen-bond donors (Lipinski definition) is 1. The lowest BCUT2D eigenvalue weighted by molar-refractivity contribution is -0.425. The normalized spacial score (nSPS) is 18.4. The maximum Gasteiger partial charge on any atom is 0.413 e. The fourth-order valence-electron chi connectivity index (χ4n) is 1.47. The fourth-order valence-corrected chi connectivity index (χ4v) is 1.47. The maximum atomic E-state index is 11.5. The predicted molar refractivity (Wildman–Crippen MR) is 57.0 cm³/mol. The number of hydroxylamine groups is 2. The van der Waals surface area contributed by atoms with Gasteiger partial charge in [-0.3, -0.25) is 15.0 Å². The van der Waals surface area contributed by atoms with Crippen molar-refractivity contribution in [1.29, 1.82) is 0 Å². The van der Waals surface area contributed by atoms with Crippen molar-refractivity contribution in [3.63, 3.8) is 0 Å². The lowest BCUT2D eigenvalue weighted by Gasteiger charge is -2.28. The molecule has 0 aromatic rings. The molecule has 1 rings (SSSR count). The third-order valence-electron chi connectivity index (χ3n) is 2.18. The molecule has 1 heterocycles. The first-order valence-electron chi connectivity index (χ1n) is 5.23. The van der Waals surface area contributed by atoms with Crippen molar-refractivity contribution in [3.8, 4) is 0 Å². The summed E-state index contributed by atoms with van der Waals surface area (Å²) in [4.78, 5) is 26.6. The second kappa shape index (κ2) is 6.04. The van der Waals surface area contributed by atoms with E-state index in [-0.39, 0.29) is 12.4 Å². The molecule has 1 aliphatic rings. The number of esters is 1. The molecule has 0 aromatic heterocycles. The third kappa shape index (κ3) is 3.06. The number of carbonyl (C=O) groups is 1. The monoisotopic (exact) mass is 245 g/mol. The zero-order valence-electron chi connectivity index (χ0n) is 9.76. The number of carbonyl (C=O) groups excluding carboxylic acids is 1. The number of nitrogens with zero attached hydrogens (tertiary/aromatic N) is 2. The van der Waals surface area contributed by atoms with Crippen LogP contribution in [0, 0.1) is 10.1 Å². The van der Waals surface area contributed by atoms with Crippen molar-refractivity contribution in [3.05, 3.63) is 21.6 Å². The smallest absolute Gasteiger partial charge is 0.413 e. The second-order valence-electron chi connectivity index (χ2n) is 3.24. The Kier molecular flexibility index (Phi) is 4.70. The Balaban J connectivity index is 3.07. The Morgan fingerprint density at radius 1 is 1.65 bits per heavy atom. The molecule has 17 heavy (non-hydrogen) atoms. The number of nitro groups is 1. The van der Waals surface area contributed by atoms with E-state index in [1.165, 1.54) is 12.2 Å². The summed E-state index contributed by atoms with van der Waals surface area (Å²) in [6.07, 6.45) is 0.769. The summed E-state index contributed by atoms with van der Waals surface area (Å²) in [6, 6.07) is 0. The average Bonchev–Trinajstić information content (AvgIpc) is 2.30. The van der Waals surface area contributed by atoms with E-state index in [0.29, 0.717) is 13.1 Å². The summed E-state index contributed by atoms with van der Waals surface area (Å²) >= 11 is 0. The highest BCUT2D eigenvalue weighted by molar-refractivity contribution is 5.86. The molecule has 0 aliphatic carbocycles. The van der Waals surface area contributed by atoms with Crippen LogP contribution in [0.25, 0.3) is 0 Å².